The fourth-order valence-corrected chi connectivity index (χ4v) is 1.84. The van der Waals surface area contributed by atoms with Crippen LogP contribution >= 0.6 is 0 Å². The number of nitrogens with one attached hydrogen (secondary N) is 1. The third-order valence-electron chi connectivity index (χ3n) is 2.74. The monoisotopic (exact) mass is 198 g/mol. The minimum absolute atomic E-state index is 0.278. The normalized spacial score (nSPS) is 20.4. The lowest BCUT2D eigenvalue weighted by molar-refractivity contribution is 0.0172. The van der Waals surface area contributed by atoms with Crippen molar-refractivity contribution in [3.05, 3.63) is 12.7 Å². The van der Waals surface area contributed by atoms with E-state index in [1.807, 2.05) is 13.0 Å². The molecule has 2 unspecified atom stereocenters. The topological polar surface area (TPSA) is 47.3 Å². The van der Waals surface area contributed by atoms with Crippen LogP contribution in [0.1, 0.15) is 32.6 Å². The van der Waals surface area contributed by atoms with Gasteiger partial charge in [-0.15, -0.1) is 6.58 Å². The molecular formula is C11H22N2O. The van der Waals surface area contributed by atoms with Crippen molar-refractivity contribution in [1.29, 1.82) is 0 Å². The van der Waals surface area contributed by atoms with Gasteiger partial charge in [-0.25, -0.2) is 0 Å². The number of hydrogen-bond donors (Lipinski definition) is 2. The summed E-state index contributed by atoms with van der Waals surface area (Å²) in [5.41, 5.74) is 2.87. The number of nitrogens with two attached hydrogens (primary N) is 1. The molecule has 0 aliphatic heterocycles. The van der Waals surface area contributed by atoms with Gasteiger partial charge >= 0.3 is 0 Å². The van der Waals surface area contributed by atoms with E-state index in [1.165, 1.54) is 12.8 Å². The highest BCUT2D eigenvalue weighted by molar-refractivity contribution is 4.90. The van der Waals surface area contributed by atoms with Crippen LogP contribution in [0.2, 0.25) is 0 Å². The summed E-state index contributed by atoms with van der Waals surface area (Å²) in [7, 11) is 0. The minimum Gasteiger partial charge on any atom is -0.377 e. The van der Waals surface area contributed by atoms with Gasteiger partial charge in [-0.2, -0.15) is 0 Å². The lowest BCUT2D eigenvalue weighted by Gasteiger charge is -2.26. The molecule has 1 saturated carbocycles. The second-order valence-corrected chi connectivity index (χ2v) is 3.90. The van der Waals surface area contributed by atoms with Crippen LogP contribution in [-0.2, 0) is 4.74 Å². The molecule has 14 heavy (non-hydrogen) atoms. The maximum atomic E-state index is 5.74. The van der Waals surface area contributed by atoms with E-state index in [0.717, 1.165) is 25.4 Å². The molecule has 0 aromatic rings. The first kappa shape index (κ1) is 11.7. The molecule has 82 valence electrons. The predicted octanol–water partition coefficient (Wildman–Crippen LogP) is 1.60. The van der Waals surface area contributed by atoms with Crippen molar-refractivity contribution in [2.75, 3.05) is 6.61 Å². The lowest BCUT2D eigenvalue weighted by atomic mass is 10.0. The van der Waals surface area contributed by atoms with E-state index in [1.54, 1.807) is 0 Å². The fourth-order valence-electron chi connectivity index (χ4n) is 1.84. The average molecular weight is 198 g/mol. The first-order valence-electron chi connectivity index (χ1n) is 5.52. The van der Waals surface area contributed by atoms with Gasteiger partial charge in [0.25, 0.3) is 0 Å². The first-order valence-corrected chi connectivity index (χ1v) is 5.52. The average Bonchev–Trinajstić information content (AvgIpc) is 3.00. The quantitative estimate of drug-likeness (QED) is 0.354. The zero-order valence-corrected chi connectivity index (χ0v) is 9.04. The maximum Gasteiger partial charge on any atom is 0.0769 e. The Morgan fingerprint density at radius 2 is 2.36 bits per heavy atom. The summed E-state index contributed by atoms with van der Waals surface area (Å²) >= 11 is 0. The Labute approximate surface area is 86.7 Å². The van der Waals surface area contributed by atoms with Gasteiger partial charge in [0, 0.05) is 12.6 Å². The van der Waals surface area contributed by atoms with Gasteiger partial charge in [-0.05, 0) is 38.5 Å². The van der Waals surface area contributed by atoms with Crippen LogP contribution in [0.4, 0.5) is 0 Å². The van der Waals surface area contributed by atoms with E-state index in [9.17, 15) is 0 Å². The van der Waals surface area contributed by atoms with Gasteiger partial charge in [0.05, 0.1) is 6.10 Å². The third kappa shape index (κ3) is 3.40. The lowest BCUT2D eigenvalue weighted by Crippen LogP contribution is -2.46. The summed E-state index contributed by atoms with van der Waals surface area (Å²) in [6.07, 6.45) is 6.81. The van der Waals surface area contributed by atoms with Crippen LogP contribution in [-0.4, -0.2) is 18.8 Å². The Hall–Kier alpha value is -0.380. The Kier molecular flexibility index (Phi) is 5.15. The standard InChI is InChI=1S/C11H22N2O/c1-3-5-6-10(13-12)11(14-4-2)9-7-8-9/h3,9-11,13H,1,4-8,12H2,2H3. The summed E-state index contributed by atoms with van der Waals surface area (Å²) in [6.45, 7) is 6.53. The molecule has 0 bridgehead atoms. The van der Waals surface area contributed by atoms with Crippen molar-refractivity contribution >= 4 is 0 Å². The molecule has 0 saturated heterocycles. The SMILES string of the molecule is C=CCCC(NN)C(OCC)C1CC1. The van der Waals surface area contributed by atoms with Crippen molar-refractivity contribution in [3.63, 3.8) is 0 Å². The zero-order valence-electron chi connectivity index (χ0n) is 9.04. The van der Waals surface area contributed by atoms with Gasteiger partial charge in [0.15, 0.2) is 0 Å². The molecule has 1 rings (SSSR count). The van der Waals surface area contributed by atoms with E-state index in [-0.39, 0.29) is 6.04 Å². The van der Waals surface area contributed by atoms with Crippen molar-refractivity contribution < 1.29 is 4.74 Å². The van der Waals surface area contributed by atoms with Crippen LogP contribution in [0.15, 0.2) is 12.7 Å². The fraction of sp³-hybridized carbons (Fsp3) is 0.818. The van der Waals surface area contributed by atoms with Gasteiger partial charge in [0.1, 0.15) is 0 Å². The van der Waals surface area contributed by atoms with Gasteiger partial charge in [-0.1, -0.05) is 6.08 Å². The third-order valence-corrected chi connectivity index (χ3v) is 2.74. The van der Waals surface area contributed by atoms with Crippen molar-refractivity contribution in [2.45, 2.75) is 44.8 Å². The summed E-state index contributed by atoms with van der Waals surface area (Å²) in [6, 6.07) is 0.278. The molecule has 2 atom stereocenters. The molecular weight excluding hydrogens is 176 g/mol. The summed E-state index contributed by atoms with van der Waals surface area (Å²) in [5, 5.41) is 0. The molecule has 1 fully saturated rings. The zero-order chi connectivity index (χ0) is 10.4. The summed E-state index contributed by atoms with van der Waals surface area (Å²) in [5.74, 6) is 6.27. The van der Waals surface area contributed by atoms with Crippen molar-refractivity contribution in [1.82, 2.24) is 5.43 Å². The Morgan fingerprint density at radius 1 is 1.64 bits per heavy atom. The number of ether oxygens (including phenoxy) is 1. The van der Waals surface area contributed by atoms with Crippen molar-refractivity contribution in [2.24, 2.45) is 11.8 Å². The Morgan fingerprint density at radius 3 is 2.79 bits per heavy atom. The summed E-state index contributed by atoms with van der Waals surface area (Å²) < 4.78 is 5.74. The second-order valence-electron chi connectivity index (χ2n) is 3.90. The van der Waals surface area contributed by atoms with Crippen LogP contribution in [0.3, 0.4) is 0 Å². The van der Waals surface area contributed by atoms with Gasteiger partial charge in [0.2, 0.25) is 0 Å². The largest absolute Gasteiger partial charge is 0.377 e. The van der Waals surface area contributed by atoms with E-state index in [4.69, 9.17) is 10.6 Å². The number of rotatable bonds is 8. The highest BCUT2D eigenvalue weighted by atomic mass is 16.5. The molecule has 1 aliphatic rings. The highest BCUT2D eigenvalue weighted by Gasteiger charge is 2.36. The first-order chi connectivity index (χ1) is 6.83. The van der Waals surface area contributed by atoms with E-state index in [2.05, 4.69) is 12.0 Å². The van der Waals surface area contributed by atoms with Crippen LogP contribution in [0, 0.1) is 5.92 Å². The highest BCUT2D eigenvalue weighted by Crippen LogP contribution is 2.36. The smallest absolute Gasteiger partial charge is 0.0769 e. The van der Waals surface area contributed by atoms with E-state index >= 15 is 0 Å². The number of hydrogen-bond acceptors (Lipinski definition) is 3. The Balaban J connectivity index is 2.39. The molecule has 0 spiro atoms. The van der Waals surface area contributed by atoms with Crippen LogP contribution < -0.4 is 11.3 Å². The summed E-state index contributed by atoms with van der Waals surface area (Å²) in [4.78, 5) is 0. The molecule has 0 aromatic heterocycles. The molecule has 0 radical (unpaired) electrons. The van der Waals surface area contributed by atoms with E-state index in [0.29, 0.717) is 6.10 Å². The second kappa shape index (κ2) is 6.17. The minimum atomic E-state index is 0.278. The van der Waals surface area contributed by atoms with Gasteiger partial charge in [-0.3, -0.25) is 11.3 Å². The molecule has 3 heteroatoms. The molecule has 0 aromatic carbocycles. The molecule has 1 aliphatic carbocycles. The van der Waals surface area contributed by atoms with Crippen LogP contribution in [0.25, 0.3) is 0 Å². The van der Waals surface area contributed by atoms with Crippen LogP contribution in [0.5, 0.6) is 0 Å². The number of allylic oxidation sites excluding steroid dienone is 1. The maximum absolute atomic E-state index is 5.74. The van der Waals surface area contributed by atoms with Gasteiger partial charge < -0.3 is 4.74 Å². The molecule has 0 heterocycles. The molecule has 3 nitrogen and oxygen atoms in total. The predicted molar refractivity (Wildman–Crippen MR) is 58.7 cm³/mol. The Bertz CT molecular complexity index is 169. The molecule has 0 amide bonds. The van der Waals surface area contributed by atoms with Crippen molar-refractivity contribution in [3.8, 4) is 0 Å². The van der Waals surface area contributed by atoms with E-state index < -0.39 is 0 Å². The number of hydrazine groups is 1. The molecule has 3 N–H and O–H groups in total.